The van der Waals surface area contributed by atoms with Gasteiger partial charge in [-0.3, -0.25) is 9.59 Å². The summed E-state index contributed by atoms with van der Waals surface area (Å²) >= 11 is 1.05. The zero-order chi connectivity index (χ0) is 24.0. The average molecular weight is 475 g/mol. The van der Waals surface area contributed by atoms with E-state index in [-0.39, 0.29) is 32.1 Å². The molecular formula is C27H26N2O4S. The van der Waals surface area contributed by atoms with Crippen LogP contribution in [0.3, 0.4) is 0 Å². The molecule has 0 aromatic heterocycles. The van der Waals surface area contributed by atoms with E-state index in [1.165, 1.54) is 9.80 Å². The highest BCUT2D eigenvalue weighted by Crippen LogP contribution is 2.42. The fraction of sp³-hybridized carbons (Fsp3) is 0.222. The minimum Gasteiger partial charge on any atom is -0.463 e. The van der Waals surface area contributed by atoms with Crippen molar-refractivity contribution in [2.75, 3.05) is 13.2 Å². The monoisotopic (exact) mass is 474 g/mol. The molecule has 1 aliphatic heterocycles. The summed E-state index contributed by atoms with van der Waals surface area (Å²) in [5.41, 5.74) is 1.70. The van der Waals surface area contributed by atoms with Gasteiger partial charge in [-0.1, -0.05) is 90.6 Å². The van der Waals surface area contributed by atoms with Crippen LogP contribution in [0.1, 0.15) is 18.1 Å². The molecule has 1 atom stereocenters. The van der Waals surface area contributed by atoms with Gasteiger partial charge in [0.2, 0.25) is 5.91 Å². The largest absolute Gasteiger partial charge is 0.463 e. The third kappa shape index (κ3) is 4.84. The van der Waals surface area contributed by atoms with Gasteiger partial charge in [0.15, 0.2) is 0 Å². The van der Waals surface area contributed by atoms with Gasteiger partial charge in [-0.2, -0.15) is 0 Å². The van der Waals surface area contributed by atoms with Crippen molar-refractivity contribution in [2.24, 2.45) is 0 Å². The SMILES string of the molecule is CCOC(=O)C1(Sc2ccccc2)C(=O)N(Cc2ccccc2)CC(=O)N1Cc1ccccc1. The molecule has 0 spiro atoms. The minimum atomic E-state index is -1.88. The lowest BCUT2D eigenvalue weighted by Crippen LogP contribution is -2.69. The van der Waals surface area contributed by atoms with E-state index in [1.807, 2.05) is 91.0 Å². The van der Waals surface area contributed by atoms with E-state index in [0.717, 1.165) is 22.9 Å². The lowest BCUT2D eigenvalue weighted by molar-refractivity contribution is -0.172. The first-order valence-corrected chi connectivity index (χ1v) is 11.9. The molecule has 7 heteroatoms. The molecule has 174 valence electrons. The molecule has 4 rings (SSSR count). The Bertz CT molecular complexity index is 1140. The second-order valence-corrected chi connectivity index (χ2v) is 9.16. The summed E-state index contributed by atoms with van der Waals surface area (Å²) in [6.45, 7) is 2.01. The van der Waals surface area contributed by atoms with E-state index in [1.54, 1.807) is 6.92 Å². The zero-order valence-electron chi connectivity index (χ0n) is 18.9. The van der Waals surface area contributed by atoms with Crippen molar-refractivity contribution in [2.45, 2.75) is 29.8 Å². The highest BCUT2D eigenvalue weighted by atomic mass is 32.2. The van der Waals surface area contributed by atoms with Crippen LogP contribution in [0.25, 0.3) is 0 Å². The number of esters is 1. The second kappa shape index (κ2) is 10.6. The molecule has 3 aromatic carbocycles. The summed E-state index contributed by atoms with van der Waals surface area (Å²) in [5.74, 6) is -1.51. The molecular weight excluding hydrogens is 448 g/mol. The van der Waals surface area contributed by atoms with E-state index >= 15 is 0 Å². The molecule has 0 N–H and O–H groups in total. The number of thioether (sulfide) groups is 1. The summed E-state index contributed by atoms with van der Waals surface area (Å²) in [7, 11) is 0. The number of piperazine rings is 1. The average Bonchev–Trinajstić information content (AvgIpc) is 2.86. The van der Waals surface area contributed by atoms with Crippen LogP contribution in [0, 0.1) is 0 Å². The number of carbonyl (C=O) groups excluding carboxylic acids is 3. The van der Waals surface area contributed by atoms with Gasteiger partial charge in [-0.05, 0) is 30.2 Å². The summed E-state index contributed by atoms with van der Waals surface area (Å²) in [6.07, 6.45) is 0. The maximum atomic E-state index is 14.1. The fourth-order valence-corrected chi connectivity index (χ4v) is 5.22. The highest BCUT2D eigenvalue weighted by molar-refractivity contribution is 8.02. The van der Waals surface area contributed by atoms with E-state index in [2.05, 4.69) is 0 Å². The Balaban J connectivity index is 1.80. The molecule has 34 heavy (non-hydrogen) atoms. The molecule has 6 nitrogen and oxygen atoms in total. The first kappa shape index (κ1) is 23.6. The quantitative estimate of drug-likeness (QED) is 0.363. The summed E-state index contributed by atoms with van der Waals surface area (Å²) in [5, 5.41) is 0. The zero-order valence-corrected chi connectivity index (χ0v) is 19.7. The normalized spacial score (nSPS) is 18.1. The molecule has 0 radical (unpaired) electrons. The summed E-state index contributed by atoms with van der Waals surface area (Å²) < 4.78 is 5.44. The first-order chi connectivity index (χ1) is 16.5. The lowest BCUT2D eigenvalue weighted by atomic mass is 10.1. The van der Waals surface area contributed by atoms with Gasteiger partial charge in [0.25, 0.3) is 10.8 Å². The van der Waals surface area contributed by atoms with Crippen molar-refractivity contribution >= 4 is 29.5 Å². The minimum absolute atomic E-state index is 0.0925. The number of amides is 2. The maximum absolute atomic E-state index is 14.1. The third-order valence-electron chi connectivity index (χ3n) is 5.55. The van der Waals surface area contributed by atoms with Crippen molar-refractivity contribution < 1.29 is 19.1 Å². The molecule has 1 heterocycles. The van der Waals surface area contributed by atoms with Gasteiger partial charge < -0.3 is 14.5 Å². The number of hydrogen-bond donors (Lipinski definition) is 0. The van der Waals surface area contributed by atoms with Gasteiger partial charge in [0.1, 0.15) is 6.54 Å². The van der Waals surface area contributed by atoms with Crippen LogP contribution >= 0.6 is 11.8 Å². The molecule has 1 unspecified atom stereocenters. The number of hydrogen-bond acceptors (Lipinski definition) is 5. The number of benzene rings is 3. The van der Waals surface area contributed by atoms with Gasteiger partial charge in [-0.15, -0.1) is 0 Å². The van der Waals surface area contributed by atoms with E-state index in [9.17, 15) is 14.4 Å². The van der Waals surface area contributed by atoms with E-state index in [4.69, 9.17) is 4.74 Å². The molecule has 0 bridgehead atoms. The van der Waals surface area contributed by atoms with Crippen LogP contribution in [0.4, 0.5) is 0 Å². The van der Waals surface area contributed by atoms with Crippen LogP contribution in [-0.2, 0) is 32.2 Å². The Morgan fingerprint density at radius 1 is 0.853 bits per heavy atom. The standard InChI is InChI=1S/C27H26N2O4S/c1-2-33-26(32)27(34-23-16-10-5-11-17-23)25(31)28(18-21-12-6-3-7-13-21)20-24(30)29(27)19-22-14-8-4-9-15-22/h3-17H,2,18-20H2,1H3. The molecule has 0 aliphatic carbocycles. The molecule has 1 saturated heterocycles. The van der Waals surface area contributed by atoms with Crippen LogP contribution < -0.4 is 0 Å². The van der Waals surface area contributed by atoms with Crippen molar-refractivity contribution in [1.29, 1.82) is 0 Å². The Kier molecular flexibility index (Phi) is 7.33. The highest BCUT2D eigenvalue weighted by Gasteiger charge is 2.60. The lowest BCUT2D eigenvalue weighted by Gasteiger charge is -2.46. The molecule has 3 aromatic rings. The van der Waals surface area contributed by atoms with Gasteiger partial charge >= 0.3 is 5.97 Å². The molecule has 1 fully saturated rings. The van der Waals surface area contributed by atoms with E-state index in [0.29, 0.717) is 4.90 Å². The van der Waals surface area contributed by atoms with Gasteiger partial charge in [0, 0.05) is 18.0 Å². The van der Waals surface area contributed by atoms with Crippen molar-refractivity contribution in [1.82, 2.24) is 9.80 Å². The predicted octanol–water partition coefficient (Wildman–Crippen LogP) is 4.11. The Morgan fingerprint density at radius 2 is 1.38 bits per heavy atom. The second-order valence-electron chi connectivity index (χ2n) is 7.89. The number of rotatable bonds is 8. The first-order valence-electron chi connectivity index (χ1n) is 11.1. The van der Waals surface area contributed by atoms with Gasteiger partial charge in [0.05, 0.1) is 6.61 Å². The van der Waals surface area contributed by atoms with Gasteiger partial charge in [-0.25, -0.2) is 4.79 Å². The Hall–Kier alpha value is -3.58. The number of carbonyl (C=O) groups is 3. The Labute approximate surface area is 203 Å². The van der Waals surface area contributed by atoms with Crippen LogP contribution in [0.15, 0.2) is 95.9 Å². The van der Waals surface area contributed by atoms with Crippen molar-refractivity contribution in [3.8, 4) is 0 Å². The van der Waals surface area contributed by atoms with E-state index < -0.39 is 16.7 Å². The van der Waals surface area contributed by atoms with Crippen LogP contribution in [0.2, 0.25) is 0 Å². The third-order valence-corrected chi connectivity index (χ3v) is 6.91. The Morgan fingerprint density at radius 3 is 1.94 bits per heavy atom. The molecule has 1 aliphatic rings. The molecule has 2 amide bonds. The predicted molar refractivity (Wildman–Crippen MR) is 131 cm³/mol. The molecule has 0 saturated carbocycles. The number of ether oxygens (including phenoxy) is 1. The van der Waals surface area contributed by atoms with Crippen LogP contribution in [0.5, 0.6) is 0 Å². The number of nitrogens with zero attached hydrogens (tertiary/aromatic N) is 2. The smallest absolute Gasteiger partial charge is 0.353 e. The maximum Gasteiger partial charge on any atom is 0.353 e. The van der Waals surface area contributed by atoms with Crippen LogP contribution in [-0.4, -0.2) is 45.6 Å². The summed E-state index contributed by atoms with van der Waals surface area (Å²) in [4.78, 5) is 42.9. The van der Waals surface area contributed by atoms with Crippen molar-refractivity contribution in [3.63, 3.8) is 0 Å². The fourth-order valence-electron chi connectivity index (χ4n) is 3.95. The summed E-state index contributed by atoms with van der Waals surface area (Å²) in [6, 6.07) is 28.0. The topological polar surface area (TPSA) is 66.9 Å². The van der Waals surface area contributed by atoms with Crippen molar-refractivity contribution in [3.05, 3.63) is 102 Å².